The van der Waals surface area contributed by atoms with Crippen LogP contribution in [0, 0.1) is 5.92 Å². The summed E-state index contributed by atoms with van der Waals surface area (Å²) in [5.74, 6) is 1.38. The zero-order valence-electron chi connectivity index (χ0n) is 20.3. The molecule has 8 nitrogen and oxygen atoms in total. The van der Waals surface area contributed by atoms with Crippen LogP contribution in [0.25, 0.3) is 0 Å². The number of benzene rings is 1. The van der Waals surface area contributed by atoms with E-state index in [4.69, 9.17) is 19.0 Å². The van der Waals surface area contributed by atoms with Gasteiger partial charge in [0.15, 0.2) is 5.82 Å². The fraction of sp³-hybridized carbons (Fsp3) is 0.615. The third-order valence-corrected chi connectivity index (χ3v) is 7.28. The molecule has 1 aromatic heterocycles. The van der Waals surface area contributed by atoms with Gasteiger partial charge in [-0.3, -0.25) is 4.79 Å². The van der Waals surface area contributed by atoms with Crippen LogP contribution in [0.4, 0.5) is 4.79 Å². The third-order valence-electron chi connectivity index (χ3n) is 7.28. The number of carbonyl (C=O) groups is 2. The molecule has 1 heterocycles. The minimum absolute atomic E-state index is 0.0901. The van der Waals surface area contributed by atoms with Crippen LogP contribution >= 0.6 is 0 Å². The van der Waals surface area contributed by atoms with Crippen molar-refractivity contribution in [2.24, 2.45) is 5.92 Å². The fourth-order valence-corrected chi connectivity index (χ4v) is 4.95. The molecule has 3 aliphatic rings. The highest BCUT2D eigenvalue weighted by atomic mass is 16.6. The highest BCUT2D eigenvalue weighted by Gasteiger charge is 2.55. The summed E-state index contributed by atoms with van der Waals surface area (Å²) < 4.78 is 16.2. The quantitative estimate of drug-likeness (QED) is 0.551. The lowest BCUT2D eigenvalue weighted by Crippen LogP contribution is -2.43. The maximum absolute atomic E-state index is 13.2. The monoisotopic (exact) mass is 467 g/mol. The van der Waals surface area contributed by atoms with Crippen LogP contribution in [-0.4, -0.2) is 52.4 Å². The van der Waals surface area contributed by atoms with Crippen LogP contribution in [0.15, 0.2) is 34.9 Å². The molecule has 0 radical (unpaired) electrons. The van der Waals surface area contributed by atoms with E-state index in [2.05, 4.69) is 17.3 Å². The smallest absolute Gasteiger partial charge is 0.410 e. The van der Waals surface area contributed by atoms with E-state index in [1.807, 2.05) is 43.9 Å². The Morgan fingerprint density at radius 2 is 1.85 bits per heavy atom. The maximum Gasteiger partial charge on any atom is 0.410 e. The molecule has 0 spiro atoms. The van der Waals surface area contributed by atoms with Crippen molar-refractivity contribution in [3.8, 4) is 0 Å². The van der Waals surface area contributed by atoms with Crippen LogP contribution in [0.2, 0.25) is 0 Å². The Morgan fingerprint density at radius 3 is 2.47 bits per heavy atom. The summed E-state index contributed by atoms with van der Waals surface area (Å²) in [6, 6.07) is 10.4. The number of aromatic nitrogens is 2. The summed E-state index contributed by atoms with van der Waals surface area (Å²) in [5.41, 5.74) is 0.384. The van der Waals surface area contributed by atoms with Gasteiger partial charge in [0.25, 0.3) is 0 Å². The Kier molecular flexibility index (Phi) is 5.65. The first-order valence-corrected chi connectivity index (χ1v) is 12.2. The van der Waals surface area contributed by atoms with Gasteiger partial charge in [0.2, 0.25) is 5.89 Å². The lowest BCUT2D eigenvalue weighted by molar-refractivity contribution is -0.149. The second kappa shape index (κ2) is 8.40. The van der Waals surface area contributed by atoms with E-state index in [9.17, 15) is 9.59 Å². The van der Waals surface area contributed by atoms with Crippen molar-refractivity contribution in [3.63, 3.8) is 0 Å². The van der Waals surface area contributed by atoms with Crippen molar-refractivity contribution in [3.05, 3.63) is 47.6 Å². The molecular weight excluding hydrogens is 434 g/mol. The predicted octanol–water partition coefficient (Wildman–Crippen LogP) is 4.56. The Morgan fingerprint density at radius 1 is 1.15 bits per heavy atom. The number of nitrogens with zero attached hydrogens (tertiary/aromatic N) is 3. The van der Waals surface area contributed by atoms with Crippen LogP contribution in [0.3, 0.4) is 0 Å². The van der Waals surface area contributed by atoms with Gasteiger partial charge in [0.1, 0.15) is 5.60 Å². The first kappa shape index (κ1) is 22.9. The van der Waals surface area contributed by atoms with E-state index in [-0.39, 0.29) is 35.4 Å². The molecule has 0 unspecified atom stereocenters. The number of hydrogen-bond acceptors (Lipinski definition) is 7. The molecule has 182 valence electrons. The van der Waals surface area contributed by atoms with Crippen molar-refractivity contribution in [1.82, 2.24) is 15.0 Å². The second-order valence-electron chi connectivity index (χ2n) is 11.1. The third kappa shape index (κ3) is 4.55. The van der Waals surface area contributed by atoms with Crippen molar-refractivity contribution in [2.45, 2.75) is 81.8 Å². The molecule has 0 bridgehead atoms. The van der Waals surface area contributed by atoms with Crippen LogP contribution < -0.4 is 0 Å². The lowest BCUT2D eigenvalue weighted by Gasteiger charge is -2.30. The maximum atomic E-state index is 13.2. The number of esters is 1. The standard InChI is InChI=1S/C26H33N3O5/c1-25(2,3)33-24(31)29(20-14-19(20)16-8-6-5-7-9-16)15-26(10-11-26)23-27-21(34-28-23)17-12-18(13-17)22(30)32-4/h5-9,17-20H,10-15H2,1-4H3/t17-,18-,19-,20+/m0/s1. The molecule has 2 aromatic rings. The zero-order valence-corrected chi connectivity index (χ0v) is 20.3. The lowest BCUT2D eigenvalue weighted by atomic mass is 9.75. The number of ether oxygens (including phenoxy) is 2. The average Bonchev–Trinajstić information content (AvgIpc) is 3.67. The summed E-state index contributed by atoms with van der Waals surface area (Å²) in [4.78, 5) is 31.5. The molecule has 5 rings (SSSR count). The van der Waals surface area contributed by atoms with Crippen LogP contribution in [0.5, 0.6) is 0 Å². The summed E-state index contributed by atoms with van der Waals surface area (Å²) in [5, 5.41) is 4.31. The molecule has 3 saturated carbocycles. The van der Waals surface area contributed by atoms with Crippen molar-refractivity contribution in [2.75, 3.05) is 13.7 Å². The van der Waals surface area contributed by atoms with Gasteiger partial charge in [0.05, 0.1) is 18.4 Å². The van der Waals surface area contributed by atoms with Crippen molar-refractivity contribution in [1.29, 1.82) is 0 Å². The number of rotatable bonds is 7. The van der Waals surface area contributed by atoms with E-state index >= 15 is 0 Å². The van der Waals surface area contributed by atoms with Crippen LogP contribution in [-0.2, 0) is 19.7 Å². The predicted molar refractivity (Wildman–Crippen MR) is 123 cm³/mol. The largest absolute Gasteiger partial charge is 0.469 e. The average molecular weight is 468 g/mol. The normalized spacial score (nSPS) is 26.8. The number of methoxy groups -OCH3 is 1. The molecule has 0 saturated heterocycles. The minimum atomic E-state index is -0.567. The Labute approximate surface area is 200 Å². The zero-order chi connectivity index (χ0) is 24.1. The Balaban J connectivity index is 1.30. The van der Waals surface area contributed by atoms with Crippen molar-refractivity contribution < 1.29 is 23.6 Å². The molecule has 3 fully saturated rings. The molecule has 3 aliphatic carbocycles. The molecule has 2 atom stereocenters. The van der Waals surface area contributed by atoms with Gasteiger partial charge < -0.3 is 18.9 Å². The molecule has 8 heteroatoms. The van der Waals surface area contributed by atoms with E-state index in [1.54, 1.807) is 0 Å². The van der Waals surface area contributed by atoms with Crippen LogP contribution in [0.1, 0.15) is 82.0 Å². The number of amides is 1. The van der Waals surface area contributed by atoms with Gasteiger partial charge in [-0.15, -0.1) is 0 Å². The second-order valence-corrected chi connectivity index (χ2v) is 11.1. The van der Waals surface area contributed by atoms with Crippen molar-refractivity contribution >= 4 is 12.1 Å². The summed E-state index contributed by atoms with van der Waals surface area (Å²) in [7, 11) is 1.41. The van der Waals surface area contributed by atoms with Gasteiger partial charge in [-0.25, -0.2) is 4.79 Å². The first-order valence-electron chi connectivity index (χ1n) is 12.2. The molecule has 1 amide bonds. The topological polar surface area (TPSA) is 94.8 Å². The molecule has 0 N–H and O–H groups in total. The summed E-state index contributed by atoms with van der Waals surface area (Å²) in [6.07, 6.45) is 3.80. The summed E-state index contributed by atoms with van der Waals surface area (Å²) in [6.45, 7) is 6.19. The number of carbonyl (C=O) groups excluding carboxylic acids is 2. The summed E-state index contributed by atoms with van der Waals surface area (Å²) >= 11 is 0. The SMILES string of the molecule is COC(=O)[C@H]1C[C@H](c2nc(C3(CN(C(=O)OC(C)(C)C)[C@@H]4C[C@H]4c4ccccc4)CC3)no2)C1. The van der Waals surface area contributed by atoms with E-state index in [0.717, 1.165) is 19.3 Å². The molecule has 34 heavy (non-hydrogen) atoms. The fourth-order valence-electron chi connectivity index (χ4n) is 4.95. The van der Waals surface area contributed by atoms with Gasteiger partial charge >= 0.3 is 12.1 Å². The highest BCUT2D eigenvalue weighted by molar-refractivity contribution is 5.73. The van der Waals surface area contributed by atoms with E-state index < -0.39 is 5.60 Å². The first-order chi connectivity index (χ1) is 16.2. The highest BCUT2D eigenvalue weighted by Crippen LogP contribution is 2.52. The van der Waals surface area contributed by atoms with E-state index in [0.29, 0.717) is 37.0 Å². The minimum Gasteiger partial charge on any atom is -0.469 e. The van der Waals surface area contributed by atoms with Gasteiger partial charge in [0, 0.05) is 24.4 Å². The molecular formula is C26H33N3O5. The molecule has 0 aliphatic heterocycles. The number of hydrogen-bond donors (Lipinski definition) is 0. The van der Waals surface area contributed by atoms with E-state index in [1.165, 1.54) is 12.7 Å². The van der Waals surface area contributed by atoms with Gasteiger partial charge in [-0.05, 0) is 58.4 Å². The van der Waals surface area contributed by atoms with Gasteiger partial charge in [-0.2, -0.15) is 4.98 Å². The molecule has 1 aromatic carbocycles. The van der Waals surface area contributed by atoms with Gasteiger partial charge in [-0.1, -0.05) is 35.5 Å². The Bertz CT molecular complexity index is 1050. The Hall–Kier alpha value is -2.90.